The van der Waals surface area contributed by atoms with Gasteiger partial charge in [-0.25, -0.2) is 9.97 Å². The van der Waals surface area contributed by atoms with Crippen LogP contribution in [0.4, 0.5) is 0 Å². The molecule has 2 atom stereocenters. The van der Waals surface area contributed by atoms with Crippen molar-refractivity contribution in [2.75, 3.05) is 6.54 Å². The van der Waals surface area contributed by atoms with E-state index in [9.17, 15) is 0 Å². The van der Waals surface area contributed by atoms with E-state index in [4.69, 9.17) is 10.5 Å². The summed E-state index contributed by atoms with van der Waals surface area (Å²) < 4.78 is 6.13. The van der Waals surface area contributed by atoms with Crippen LogP contribution in [-0.4, -0.2) is 22.6 Å². The van der Waals surface area contributed by atoms with Crippen LogP contribution in [0.1, 0.15) is 31.1 Å². The molecule has 1 fully saturated rings. The highest BCUT2D eigenvalue weighted by Gasteiger charge is 2.28. The number of ether oxygens (including phenoxy) is 1. The quantitative estimate of drug-likeness (QED) is 0.933. The SMILES string of the molecule is CCc1cc2c(OC3CCCC3CN)ncnc2s1. The first-order valence-corrected chi connectivity index (χ1v) is 7.73. The van der Waals surface area contributed by atoms with E-state index in [0.717, 1.165) is 28.9 Å². The fraction of sp³-hybridized carbons (Fsp3) is 0.571. The van der Waals surface area contributed by atoms with Gasteiger partial charge in [0.05, 0.1) is 5.39 Å². The van der Waals surface area contributed by atoms with Gasteiger partial charge in [0.25, 0.3) is 0 Å². The van der Waals surface area contributed by atoms with Crippen molar-refractivity contribution >= 4 is 21.6 Å². The van der Waals surface area contributed by atoms with Crippen LogP contribution in [0.15, 0.2) is 12.4 Å². The number of aromatic nitrogens is 2. The van der Waals surface area contributed by atoms with Crippen LogP contribution in [0.5, 0.6) is 5.88 Å². The average molecular weight is 277 g/mol. The molecule has 0 aliphatic heterocycles. The van der Waals surface area contributed by atoms with E-state index in [2.05, 4.69) is 23.0 Å². The normalized spacial score (nSPS) is 23.1. The lowest BCUT2D eigenvalue weighted by Gasteiger charge is -2.19. The van der Waals surface area contributed by atoms with Gasteiger partial charge in [-0.3, -0.25) is 0 Å². The molecule has 4 nitrogen and oxygen atoms in total. The number of nitrogens with zero attached hydrogens (tertiary/aromatic N) is 2. The van der Waals surface area contributed by atoms with Crippen molar-refractivity contribution < 1.29 is 4.74 Å². The lowest BCUT2D eigenvalue weighted by Crippen LogP contribution is -2.28. The first-order valence-electron chi connectivity index (χ1n) is 6.92. The third-order valence-electron chi connectivity index (χ3n) is 3.85. The largest absolute Gasteiger partial charge is 0.473 e. The van der Waals surface area contributed by atoms with Crippen molar-refractivity contribution in [1.82, 2.24) is 9.97 Å². The van der Waals surface area contributed by atoms with Gasteiger partial charge in [0.2, 0.25) is 5.88 Å². The van der Waals surface area contributed by atoms with Gasteiger partial charge >= 0.3 is 0 Å². The molecule has 0 spiro atoms. The predicted molar refractivity (Wildman–Crippen MR) is 77.6 cm³/mol. The Morgan fingerprint density at radius 2 is 2.32 bits per heavy atom. The zero-order chi connectivity index (χ0) is 13.2. The third-order valence-corrected chi connectivity index (χ3v) is 5.03. The van der Waals surface area contributed by atoms with Gasteiger partial charge in [-0.15, -0.1) is 11.3 Å². The number of hydrogen-bond donors (Lipinski definition) is 1. The Morgan fingerprint density at radius 1 is 1.42 bits per heavy atom. The molecule has 0 aromatic carbocycles. The van der Waals surface area contributed by atoms with Crippen molar-refractivity contribution in [1.29, 1.82) is 0 Å². The Kier molecular flexibility index (Phi) is 3.66. The minimum atomic E-state index is 0.216. The summed E-state index contributed by atoms with van der Waals surface area (Å²) >= 11 is 1.72. The standard InChI is InChI=1S/C14H19N3OS/c1-2-10-6-11-13(16-8-17-14(11)19-10)18-12-5-3-4-9(12)7-15/h6,8-9,12H,2-5,7,15H2,1H3. The maximum atomic E-state index is 6.13. The number of aryl methyl sites for hydroxylation is 1. The Balaban J connectivity index is 1.89. The molecule has 19 heavy (non-hydrogen) atoms. The van der Waals surface area contributed by atoms with Crippen LogP contribution in [0, 0.1) is 5.92 Å². The minimum Gasteiger partial charge on any atom is -0.473 e. The fourth-order valence-corrected chi connectivity index (χ4v) is 3.65. The van der Waals surface area contributed by atoms with Crippen LogP contribution in [-0.2, 0) is 6.42 Å². The molecule has 2 aromatic rings. The molecule has 1 saturated carbocycles. The van der Waals surface area contributed by atoms with Crippen molar-refractivity contribution in [3.05, 3.63) is 17.3 Å². The summed E-state index contributed by atoms with van der Waals surface area (Å²) in [7, 11) is 0. The van der Waals surface area contributed by atoms with E-state index < -0.39 is 0 Å². The monoisotopic (exact) mass is 277 g/mol. The van der Waals surface area contributed by atoms with Crippen LogP contribution in [0.25, 0.3) is 10.2 Å². The van der Waals surface area contributed by atoms with E-state index >= 15 is 0 Å². The van der Waals surface area contributed by atoms with E-state index in [1.807, 2.05) is 0 Å². The van der Waals surface area contributed by atoms with Gasteiger partial charge in [-0.2, -0.15) is 0 Å². The highest BCUT2D eigenvalue weighted by atomic mass is 32.1. The summed E-state index contributed by atoms with van der Waals surface area (Å²) in [6, 6.07) is 2.15. The Bertz CT molecular complexity index is 569. The number of fused-ring (bicyclic) bond motifs is 1. The molecule has 2 aromatic heterocycles. The number of rotatable bonds is 4. The molecule has 1 aliphatic carbocycles. The maximum Gasteiger partial charge on any atom is 0.225 e. The third kappa shape index (κ3) is 2.44. The van der Waals surface area contributed by atoms with Gasteiger partial charge in [0.15, 0.2) is 0 Å². The van der Waals surface area contributed by atoms with Gasteiger partial charge in [0.1, 0.15) is 17.3 Å². The van der Waals surface area contributed by atoms with E-state index in [-0.39, 0.29) is 6.10 Å². The molecule has 2 heterocycles. The zero-order valence-corrected chi connectivity index (χ0v) is 11.9. The van der Waals surface area contributed by atoms with Crippen LogP contribution in [0.2, 0.25) is 0 Å². The summed E-state index contributed by atoms with van der Waals surface area (Å²) in [5, 5.41) is 1.05. The Hall–Kier alpha value is -1.20. The molecule has 5 heteroatoms. The smallest absolute Gasteiger partial charge is 0.225 e. The first-order chi connectivity index (χ1) is 9.31. The molecule has 0 saturated heterocycles. The summed E-state index contributed by atoms with van der Waals surface area (Å²) in [6.07, 6.45) is 6.28. The van der Waals surface area contributed by atoms with Crippen LogP contribution < -0.4 is 10.5 Å². The number of thiophene rings is 1. The lowest BCUT2D eigenvalue weighted by atomic mass is 10.1. The lowest BCUT2D eigenvalue weighted by molar-refractivity contribution is 0.158. The molecule has 1 aliphatic rings. The molecular formula is C14H19N3OS. The number of hydrogen-bond acceptors (Lipinski definition) is 5. The maximum absolute atomic E-state index is 6.13. The van der Waals surface area contributed by atoms with E-state index in [1.165, 1.54) is 17.7 Å². The highest BCUT2D eigenvalue weighted by molar-refractivity contribution is 7.18. The fourth-order valence-electron chi connectivity index (χ4n) is 2.72. The van der Waals surface area contributed by atoms with Crippen LogP contribution in [0.3, 0.4) is 0 Å². The molecule has 102 valence electrons. The number of nitrogens with two attached hydrogens (primary N) is 1. The van der Waals surface area contributed by atoms with Gasteiger partial charge < -0.3 is 10.5 Å². The summed E-state index contributed by atoms with van der Waals surface area (Å²) in [6.45, 7) is 2.85. The summed E-state index contributed by atoms with van der Waals surface area (Å²) in [5.74, 6) is 1.19. The molecule has 0 amide bonds. The molecule has 3 rings (SSSR count). The summed E-state index contributed by atoms with van der Waals surface area (Å²) in [4.78, 5) is 11.0. The first kappa shape index (κ1) is 12.8. The molecular weight excluding hydrogens is 258 g/mol. The predicted octanol–water partition coefficient (Wildman–Crippen LogP) is 2.76. The topological polar surface area (TPSA) is 61.0 Å². The second kappa shape index (κ2) is 5.43. The summed E-state index contributed by atoms with van der Waals surface area (Å²) in [5.41, 5.74) is 5.81. The Labute approximate surface area is 117 Å². The van der Waals surface area contributed by atoms with Crippen LogP contribution >= 0.6 is 11.3 Å². The second-order valence-corrected chi connectivity index (χ2v) is 6.16. The molecule has 2 unspecified atom stereocenters. The van der Waals surface area contributed by atoms with E-state index in [1.54, 1.807) is 17.7 Å². The van der Waals surface area contributed by atoms with Crippen molar-refractivity contribution in [3.63, 3.8) is 0 Å². The van der Waals surface area contributed by atoms with Crippen molar-refractivity contribution in [3.8, 4) is 5.88 Å². The zero-order valence-electron chi connectivity index (χ0n) is 11.1. The highest BCUT2D eigenvalue weighted by Crippen LogP contribution is 2.33. The second-order valence-electron chi connectivity index (χ2n) is 5.05. The van der Waals surface area contributed by atoms with E-state index in [0.29, 0.717) is 12.5 Å². The van der Waals surface area contributed by atoms with Crippen molar-refractivity contribution in [2.45, 2.75) is 38.7 Å². The van der Waals surface area contributed by atoms with Crippen molar-refractivity contribution in [2.24, 2.45) is 11.7 Å². The Morgan fingerprint density at radius 3 is 3.11 bits per heavy atom. The van der Waals surface area contributed by atoms with Gasteiger partial charge in [-0.05, 0) is 38.3 Å². The molecule has 2 N–H and O–H groups in total. The average Bonchev–Trinajstić information content (AvgIpc) is 3.04. The molecule has 0 radical (unpaired) electrons. The van der Waals surface area contributed by atoms with Gasteiger partial charge in [0, 0.05) is 10.8 Å². The minimum absolute atomic E-state index is 0.216. The van der Waals surface area contributed by atoms with Gasteiger partial charge in [-0.1, -0.05) is 6.92 Å². The molecule has 0 bridgehead atoms.